The van der Waals surface area contributed by atoms with Crippen LogP contribution in [0.15, 0.2) is 66.7 Å². The minimum absolute atomic E-state index is 0.0554. The van der Waals surface area contributed by atoms with Gasteiger partial charge in [-0.15, -0.1) is 0 Å². The van der Waals surface area contributed by atoms with Crippen molar-refractivity contribution in [1.82, 2.24) is 15.1 Å². The fourth-order valence-corrected chi connectivity index (χ4v) is 4.32. The van der Waals surface area contributed by atoms with Crippen LogP contribution in [0, 0.1) is 0 Å². The van der Waals surface area contributed by atoms with E-state index in [1.54, 1.807) is 12.1 Å². The second kappa shape index (κ2) is 10.4. The van der Waals surface area contributed by atoms with Crippen molar-refractivity contribution in [3.8, 4) is 0 Å². The molecular weight excluding hydrogens is 414 g/mol. The van der Waals surface area contributed by atoms with Crippen molar-refractivity contribution in [2.75, 3.05) is 26.7 Å². The second-order valence-electron chi connectivity index (χ2n) is 8.50. The van der Waals surface area contributed by atoms with Crippen molar-refractivity contribution in [2.24, 2.45) is 0 Å². The van der Waals surface area contributed by atoms with Crippen molar-refractivity contribution in [1.29, 1.82) is 0 Å². The largest absolute Gasteiger partial charge is 0.356 e. The third-order valence-electron chi connectivity index (χ3n) is 5.98. The van der Waals surface area contributed by atoms with E-state index in [0.717, 1.165) is 30.3 Å². The summed E-state index contributed by atoms with van der Waals surface area (Å²) < 4.78 is 0. The second-order valence-corrected chi connectivity index (χ2v) is 8.50. The molecule has 0 fully saturated rings. The Morgan fingerprint density at radius 2 is 1.55 bits per heavy atom. The van der Waals surface area contributed by atoms with Crippen molar-refractivity contribution in [3.05, 3.63) is 83.4 Å². The molecule has 3 aromatic carbocycles. The Balaban J connectivity index is 1.20. The number of rotatable bonds is 10. The van der Waals surface area contributed by atoms with Gasteiger partial charge in [0.15, 0.2) is 0 Å². The van der Waals surface area contributed by atoms with Gasteiger partial charge in [0, 0.05) is 42.6 Å². The summed E-state index contributed by atoms with van der Waals surface area (Å²) in [4.78, 5) is 41.5. The fourth-order valence-electron chi connectivity index (χ4n) is 4.32. The van der Waals surface area contributed by atoms with Crippen molar-refractivity contribution < 1.29 is 14.4 Å². The van der Waals surface area contributed by atoms with Gasteiger partial charge in [-0.2, -0.15) is 0 Å². The maximum Gasteiger partial charge on any atom is 0.261 e. The Labute approximate surface area is 194 Å². The monoisotopic (exact) mass is 443 g/mol. The van der Waals surface area contributed by atoms with Gasteiger partial charge in [-0.25, -0.2) is 0 Å². The van der Waals surface area contributed by atoms with E-state index in [2.05, 4.69) is 29.4 Å². The Hall–Kier alpha value is -3.51. The molecule has 0 bridgehead atoms. The van der Waals surface area contributed by atoms with Crippen LogP contribution in [-0.4, -0.2) is 54.2 Å². The van der Waals surface area contributed by atoms with Crippen LogP contribution in [0.5, 0.6) is 0 Å². The molecular formula is C27H29N3O3. The zero-order valence-corrected chi connectivity index (χ0v) is 18.9. The molecule has 1 aliphatic rings. The molecule has 33 heavy (non-hydrogen) atoms. The molecule has 1 N–H and O–H groups in total. The van der Waals surface area contributed by atoms with Crippen LogP contribution < -0.4 is 5.32 Å². The minimum Gasteiger partial charge on any atom is -0.356 e. The average Bonchev–Trinajstić information content (AvgIpc) is 2.83. The summed E-state index contributed by atoms with van der Waals surface area (Å²) in [6.45, 7) is 2.60. The summed E-state index contributed by atoms with van der Waals surface area (Å²) in [6, 6.07) is 21.3. The first-order valence-corrected chi connectivity index (χ1v) is 11.4. The molecule has 0 unspecified atom stereocenters. The van der Waals surface area contributed by atoms with E-state index in [4.69, 9.17) is 0 Å². The summed E-state index contributed by atoms with van der Waals surface area (Å²) >= 11 is 0. The molecule has 170 valence electrons. The predicted molar refractivity (Wildman–Crippen MR) is 129 cm³/mol. The Bertz CT molecular complexity index is 1110. The first-order valence-electron chi connectivity index (χ1n) is 11.4. The number of amides is 3. The maximum absolute atomic E-state index is 12.9. The highest BCUT2D eigenvalue weighted by molar-refractivity contribution is 6.25. The zero-order chi connectivity index (χ0) is 23.2. The standard InChI is InChI=1S/C27H29N3O3/c1-29(19-20-9-3-2-4-10-20)17-8-16-28-24(31)15-7-18-30-26(32)22-13-5-11-21-12-6-14-23(25(21)22)27(30)33/h2-6,9-14H,7-8,15-19H2,1H3,(H,28,31). The van der Waals surface area contributed by atoms with E-state index in [1.807, 2.05) is 42.5 Å². The van der Waals surface area contributed by atoms with Crippen molar-refractivity contribution >= 4 is 28.5 Å². The molecule has 6 nitrogen and oxygen atoms in total. The normalized spacial score (nSPS) is 13.1. The van der Waals surface area contributed by atoms with Gasteiger partial charge < -0.3 is 10.2 Å². The number of hydrogen-bond acceptors (Lipinski definition) is 4. The van der Waals surface area contributed by atoms with E-state index in [9.17, 15) is 14.4 Å². The molecule has 4 rings (SSSR count). The first-order chi connectivity index (χ1) is 16.0. The topological polar surface area (TPSA) is 69.7 Å². The highest BCUT2D eigenvalue weighted by atomic mass is 16.2. The SMILES string of the molecule is CN(CCCNC(=O)CCCN1C(=O)c2cccc3cccc(c23)C1=O)Cc1ccccc1. The summed E-state index contributed by atoms with van der Waals surface area (Å²) in [5, 5.41) is 4.55. The smallest absolute Gasteiger partial charge is 0.261 e. The van der Waals surface area contributed by atoms with Crippen LogP contribution in [0.2, 0.25) is 0 Å². The summed E-state index contributed by atoms with van der Waals surface area (Å²) in [7, 11) is 2.07. The van der Waals surface area contributed by atoms with Gasteiger partial charge in [0.25, 0.3) is 11.8 Å². The lowest BCUT2D eigenvalue weighted by molar-refractivity contribution is -0.121. The lowest BCUT2D eigenvalue weighted by Gasteiger charge is -2.27. The third-order valence-corrected chi connectivity index (χ3v) is 5.98. The Morgan fingerprint density at radius 3 is 2.21 bits per heavy atom. The third kappa shape index (κ3) is 5.29. The van der Waals surface area contributed by atoms with Crippen LogP contribution in [0.3, 0.4) is 0 Å². The first kappa shape index (κ1) is 22.7. The predicted octanol–water partition coefficient (Wildman–Crippen LogP) is 3.85. The minimum atomic E-state index is -0.286. The number of carbonyl (C=O) groups is 3. The van der Waals surface area contributed by atoms with Crippen LogP contribution in [0.4, 0.5) is 0 Å². The Morgan fingerprint density at radius 1 is 0.879 bits per heavy atom. The molecule has 3 amide bonds. The van der Waals surface area contributed by atoms with Gasteiger partial charge >= 0.3 is 0 Å². The molecule has 3 aromatic rings. The molecule has 6 heteroatoms. The van der Waals surface area contributed by atoms with Crippen LogP contribution in [0.1, 0.15) is 45.5 Å². The summed E-state index contributed by atoms with van der Waals surface area (Å²) in [6.07, 6.45) is 1.58. The van der Waals surface area contributed by atoms with Gasteiger partial charge in [-0.3, -0.25) is 19.3 Å². The van der Waals surface area contributed by atoms with E-state index < -0.39 is 0 Å². The van der Waals surface area contributed by atoms with E-state index in [0.29, 0.717) is 24.1 Å². The lowest BCUT2D eigenvalue weighted by atomic mass is 9.94. The number of imide groups is 1. The molecule has 0 atom stereocenters. The quantitative estimate of drug-likeness (QED) is 0.382. The lowest BCUT2D eigenvalue weighted by Crippen LogP contribution is -2.41. The van der Waals surface area contributed by atoms with Crippen LogP contribution in [0.25, 0.3) is 10.8 Å². The Kier molecular flexibility index (Phi) is 7.15. The number of nitrogens with one attached hydrogen (secondary N) is 1. The summed E-state index contributed by atoms with van der Waals surface area (Å²) in [5.74, 6) is -0.627. The van der Waals surface area contributed by atoms with E-state index in [1.165, 1.54) is 10.5 Å². The van der Waals surface area contributed by atoms with E-state index >= 15 is 0 Å². The van der Waals surface area contributed by atoms with Gasteiger partial charge in [0.2, 0.25) is 5.91 Å². The van der Waals surface area contributed by atoms with E-state index in [-0.39, 0.29) is 30.7 Å². The maximum atomic E-state index is 12.9. The van der Waals surface area contributed by atoms with Gasteiger partial charge in [-0.1, -0.05) is 54.6 Å². The number of nitrogens with zero attached hydrogens (tertiary/aromatic N) is 2. The molecule has 0 aliphatic carbocycles. The molecule has 0 saturated heterocycles. The highest BCUT2D eigenvalue weighted by Gasteiger charge is 2.32. The van der Waals surface area contributed by atoms with Crippen molar-refractivity contribution in [3.63, 3.8) is 0 Å². The number of carbonyl (C=O) groups excluding carboxylic acids is 3. The van der Waals surface area contributed by atoms with Crippen molar-refractivity contribution in [2.45, 2.75) is 25.8 Å². The van der Waals surface area contributed by atoms with Gasteiger partial charge in [-0.05, 0) is 49.5 Å². The average molecular weight is 444 g/mol. The zero-order valence-electron chi connectivity index (χ0n) is 18.9. The van der Waals surface area contributed by atoms with Gasteiger partial charge in [0.05, 0.1) is 0 Å². The molecule has 0 radical (unpaired) electrons. The van der Waals surface area contributed by atoms with Gasteiger partial charge in [0.1, 0.15) is 0 Å². The highest BCUT2D eigenvalue weighted by Crippen LogP contribution is 2.30. The van der Waals surface area contributed by atoms with Crippen LogP contribution in [-0.2, 0) is 11.3 Å². The number of hydrogen-bond donors (Lipinski definition) is 1. The fraction of sp³-hybridized carbons (Fsp3) is 0.296. The molecule has 1 heterocycles. The molecule has 0 saturated carbocycles. The summed E-state index contributed by atoms with van der Waals surface area (Å²) in [5.41, 5.74) is 2.36. The molecule has 0 spiro atoms. The molecule has 1 aliphatic heterocycles. The molecule has 0 aromatic heterocycles. The number of benzene rings is 3. The van der Waals surface area contributed by atoms with Crippen LogP contribution >= 0.6 is 0 Å².